The summed E-state index contributed by atoms with van der Waals surface area (Å²) >= 11 is 6.10. The molecule has 1 aromatic heterocycles. The van der Waals surface area contributed by atoms with Crippen LogP contribution in [0, 0.1) is 0 Å². The van der Waals surface area contributed by atoms with Crippen LogP contribution < -0.4 is 9.47 Å². The maximum Gasteiger partial charge on any atom is 0.311 e. The lowest BCUT2D eigenvalue weighted by Crippen LogP contribution is -2.56. The fourth-order valence-corrected chi connectivity index (χ4v) is 3.07. The van der Waals surface area contributed by atoms with E-state index in [0.29, 0.717) is 47.0 Å². The highest BCUT2D eigenvalue weighted by Crippen LogP contribution is 2.28. The molecule has 4 rings (SSSR count). The molecule has 3 aromatic rings. The first-order valence-electron chi connectivity index (χ1n) is 8.76. The Bertz CT molecular complexity index is 1040. The highest BCUT2D eigenvalue weighted by molar-refractivity contribution is 6.32. The van der Waals surface area contributed by atoms with E-state index >= 15 is 0 Å². The Kier molecular flexibility index (Phi) is 5.18. The molecule has 0 saturated carbocycles. The van der Waals surface area contributed by atoms with Crippen molar-refractivity contribution in [1.29, 1.82) is 0 Å². The van der Waals surface area contributed by atoms with Gasteiger partial charge in [-0.15, -0.1) is 10.2 Å². The van der Waals surface area contributed by atoms with Crippen LogP contribution in [0.5, 0.6) is 11.5 Å². The van der Waals surface area contributed by atoms with Crippen LogP contribution in [0.15, 0.2) is 46.9 Å². The average molecular weight is 414 g/mol. The molecular formula is C20H16ClN3O5. The van der Waals surface area contributed by atoms with Crippen LogP contribution in [0.3, 0.4) is 0 Å². The average Bonchev–Trinajstić information content (AvgIpc) is 3.21. The number of nitrogens with zero attached hydrogens (tertiary/aromatic N) is 3. The molecule has 0 aliphatic carbocycles. The quantitative estimate of drug-likeness (QED) is 0.573. The van der Waals surface area contributed by atoms with Gasteiger partial charge in [0.15, 0.2) is 0 Å². The number of hydrogen-bond acceptors (Lipinski definition) is 7. The number of aromatic nitrogens is 2. The van der Waals surface area contributed by atoms with Crippen molar-refractivity contribution in [2.45, 2.75) is 6.10 Å². The van der Waals surface area contributed by atoms with Gasteiger partial charge in [0.25, 0.3) is 0 Å². The van der Waals surface area contributed by atoms with Gasteiger partial charge >= 0.3 is 11.8 Å². The number of carbonyl (C=O) groups excluding carboxylic acids is 2. The summed E-state index contributed by atoms with van der Waals surface area (Å²) in [6, 6.07) is 11.9. The van der Waals surface area contributed by atoms with Gasteiger partial charge < -0.3 is 18.8 Å². The van der Waals surface area contributed by atoms with Gasteiger partial charge in [0.05, 0.1) is 25.2 Å². The first kappa shape index (κ1) is 18.9. The van der Waals surface area contributed by atoms with E-state index in [0.717, 1.165) is 0 Å². The molecule has 2 aromatic carbocycles. The Balaban J connectivity index is 1.36. The summed E-state index contributed by atoms with van der Waals surface area (Å²) in [6.07, 6.45) is 0.506. The van der Waals surface area contributed by atoms with Gasteiger partial charge in [-0.1, -0.05) is 11.6 Å². The highest BCUT2D eigenvalue weighted by atomic mass is 35.5. The molecule has 0 spiro atoms. The number of benzene rings is 2. The van der Waals surface area contributed by atoms with Crippen molar-refractivity contribution in [2.24, 2.45) is 0 Å². The van der Waals surface area contributed by atoms with E-state index in [1.165, 1.54) is 6.07 Å². The summed E-state index contributed by atoms with van der Waals surface area (Å²) in [4.78, 5) is 24.8. The summed E-state index contributed by atoms with van der Waals surface area (Å²) in [5.74, 6) is 0.986. The van der Waals surface area contributed by atoms with Gasteiger partial charge in [0.2, 0.25) is 5.89 Å². The maximum absolute atomic E-state index is 12.5. The van der Waals surface area contributed by atoms with Crippen LogP contribution in [0.1, 0.15) is 21.0 Å². The van der Waals surface area contributed by atoms with Crippen LogP contribution >= 0.6 is 11.6 Å². The third-order valence-electron chi connectivity index (χ3n) is 4.47. The fourth-order valence-electron chi connectivity index (χ4n) is 2.84. The molecular weight excluding hydrogens is 398 g/mol. The number of rotatable bonds is 6. The van der Waals surface area contributed by atoms with E-state index in [1.54, 1.807) is 48.4 Å². The van der Waals surface area contributed by atoms with Crippen LogP contribution in [0.25, 0.3) is 11.5 Å². The third-order valence-corrected chi connectivity index (χ3v) is 4.76. The van der Waals surface area contributed by atoms with Gasteiger partial charge in [-0.05, 0) is 42.5 Å². The lowest BCUT2D eigenvalue weighted by molar-refractivity contribution is 0.0150. The second-order valence-corrected chi connectivity index (χ2v) is 6.81. The zero-order chi connectivity index (χ0) is 20.4. The molecule has 2 heterocycles. The van der Waals surface area contributed by atoms with Crippen LogP contribution in [0.4, 0.5) is 0 Å². The van der Waals surface area contributed by atoms with Crippen molar-refractivity contribution < 1.29 is 23.5 Å². The lowest BCUT2D eigenvalue weighted by Gasteiger charge is -2.38. The fraction of sp³-hybridized carbons (Fsp3) is 0.200. The Labute approximate surface area is 171 Å². The Morgan fingerprint density at radius 2 is 1.97 bits per heavy atom. The van der Waals surface area contributed by atoms with Crippen molar-refractivity contribution in [3.05, 3.63) is 58.9 Å². The summed E-state index contributed by atoms with van der Waals surface area (Å²) in [6.45, 7) is 0.732. The first-order valence-corrected chi connectivity index (χ1v) is 9.14. The summed E-state index contributed by atoms with van der Waals surface area (Å²) in [5, 5.41) is 8.13. The number of likely N-dealkylation sites (tertiary alicyclic amines) is 1. The Morgan fingerprint density at radius 3 is 2.62 bits per heavy atom. The lowest BCUT2D eigenvalue weighted by atomic mass is 10.1. The number of carbonyl (C=O) groups is 2. The Morgan fingerprint density at radius 1 is 1.21 bits per heavy atom. The number of hydrogen-bond donors (Lipinski definition) is 0. The van der Waals surface area contributed by atoms with Crippen LogP contribution in [-0.2, 0) is 0 Å². The maximum atomic E-state index is 12.5. The molecule has 1 amide bonds. The van der Waals surface area contributed by atoms with E-state index < -0.39 is 0 Å². The second-order valence-electron chi connectivity index (χ2n) is 6.40. The van der Waals surface area contributed by atoms with Gasteiger partial charge in [-0.2, -0.15) is 0 Å². The molecule has 1 aliphatic rings. The van der Waals surface area contributed by atoms with Crippen molar-refractivity contribution in [1.82, 2.24) is 15.1 Å². The first-order chi connectivity index (χ1) is 14.1. The summed E-state index contributed by atoms with van der Waals surface area (Å²) in [5.41, 5.74) is 1.16. The zero-order valence-corrected chi connectivity index (χ0v) is 16.1. The second kappa shape index (κ2) is 7.92. The van der Waals surface area contributed by atoms with Crippen LogP contribution in [-0.4, -0.2) is 53.6 Å². The van der Waals surface area contributed by atoms with E-state index in [-0.39, 0.29) is 23.8 Å². The molecule has 0 unspecified atom stereocenters. The van der Waals surface area contributed by atoms with Gasteiger partial charge in [0, 0.05) is 11.1 Å². The molecule has 148 valence electrons. The molecule has 9 heteroatoms. The minimum absolute atomic E-state index is 0.0809. The predicted molar refractivity (Wildman–Crippen MR) is 103 cm³/mol. The molecule has 1 saturated heterocycles. The minimum Gasteiger partial charge on any atom is -0.497 e. The van der Waals surface area contributed by atoms with Gasteiger partial charge in [-0.3, -0.25) is 9.59 Å². The molecule has 1 fully saturated rings. The Hall–Kier alpha value is -3.39. The minimum atomic E-state index is -0.362. The predicted octanol–water partition coefficient (Wildman–Crippen LogP) is 3.11. The number of aldehydes is 1. The van der Waals surface area contributed by atoms with Gasteiger partial charge in [-0.25, -0.2) is 0 Å². The smallest absolute Gasteiger partial charge is 0.311 e. The topological polar surface area (TPSA) is 94.8 Å². The van der Waals surface area contributed by atoms with Crippen LogP contribution in [0.2, 0.25) is 5.02 Å². The number of halogens is 1. The number of methoxy groups -OCH3 is 1. The van der Waals surface area contributed by atoms with Crippen molar-refractivity contribution >= 4 is 23.8 Å². The normalized spacial score (nSPS) is 13.7. The van der Waals surface area contributed by atoms with Crippen molar-refractivity contribution in [3.8, 4) is 23.0 Å². The van der Waals surface area contributed by atoms with Crippen molar-refractivity contribution in [2.75, 3.05) is 20.2 Å². The van der Waals surface area contributed by atoms with E-state index in [4.69, 9.17) is 25.5 Å². The highest BCUT2D eigenvalue weighted by Gasteiger charge is 2.35. The van der Waals surface area contributed by atoms with E-state index in [1.807, 2.05) is 0 Å². The zero-order valence-electron chi connectivity index (χ0n) is 15.4. The number of amides is 1. The molecule has 0 N–H and O–H groups in total. The molecule has 8 nitrogen and oxygen atoms in total. The summed E-state index contributed by atoms with van der Waals surface area (Å²) < 4.78 is 16.4. The molecule has 1 aliphatic heterocycles. The van der Waals surface area contributed by atoms with Crippen molar-refractivity contribution in [3.63, 3.8) is 0 Å². The molecule has 0 radical (unpaired) electrons. The van der Waals surface area contributed by atoms with E-state index in [2.05, 4.69) is 10.2 Å². The largest absolute Gasteiger partial charge is 0.497 e. The monoisotopic (exact) mass is 413 g/mol. The standard InChI is InChI=1S/C20H16ClN3O5/c1-27-14-5-3-13(4-6-14)18-22-23-19(29-18)20(26)24-9-15(10-24)28-17-7-2-12(11-25)8-16(17)21/h2-8,11,15H,9-10H2,1H3. The third kappa shape index (κ3) is 3.93. The molecule has 0 bridgehead atoms. The number of ether oxygens (including phenoxy) is 2. The molecule has 0 atom stereocenters. The van der Waals surface area contributed by atoms with Gasteiger partial charge in [0.1, 0.15) is 23.9 Å². The summed E-state index contributed by atoms with van der Waals surface area (Å²) in [7, 11) is 1.58. The molecule has 29 heavy (non-hydrogen) atoms. The van der Waals surface area contributed by atoms with E-state index in [9.17, 15) is 9.59 Å². The SMILES string of the molecule is COc1ccc(-c2nnc(C(=O)N3CC(Oc4ccc(C=O)cc4Cl)C3)o2)cc1.